The minimum absolute atomic E-state index is 0.0567. The molecule has 1 aliphatic rings. The molecule has 0 saturated carbocycles. The maximum atomic E-state index is 12.2. The van der Waals surface area contributed by atoms with Crippen molar-refractivity contribution in [1.82, 2.24) is 10.0 Å². The lowest BCUT2D eigenvalue weighted by Gasteiger charge is -2.22. The molecule has 0 aliphatic carbocycles. The van der Waals surface area contributed by atoms with E-state index in [1.165, 1.54) is 12.1 Å². The van der Waals surface area contributed by atoms with Gasteiger partial charge < -0.3 is 5.32 Å². The van der Waals surface area contributed by atoms with Crippen molar-refractivity contribution in [2.75, 3.05) is 19.6 Å². The van der Waals surface area contributed by atoms with Crippen LogP contribution in [0.4, 0.5) is 0 Å². The van der Waals surface area contributed by atoms with E-state index in [2.05, 4.69) is 10.0 Å². The minimum atomic E-state index is -3.60. The Labute approximate surface area is 113 Å². The average molecular weight is 279 g/mol. The fourth-order valence-corrected chi connectivity index (χ4v) is 3.47. The second-order valence-electron chi connectivity index (χ2n) is 4.67. The Hall–Kier alpha value is -1.42. The van der Waals surface area contributed by atoms with Gasteiger partial charge in [-0.25, -0.2) is 13.1 Å². The second-order valence-corrected chi connectivity index (χ2v) is 6.41. The summed E-state index contributed by atoms with van der Waals surface area (Å²) in [6.45, 7) is 2.25. The van der Waals surface area contributed by atoms with Crippen LogP contribution in [0.2, 0.25) is 0 Å². The highest BCUT2D eigenvalue weighted by atomic mass is 32.2. The lowest BCUT2D eigenvalue weighted by Crippen LogP contribution is -2.38. The highest BCUT2D eigenvalue weighted by Gasteiger charge is 2.20. The standard InChI is InChI=1S/C13H17N3O2S/c14-8-12-5-1-2-6-13(12)19(17,18)16-10-11-4-3-7-15-9-11/h1-2,5-6,11,15-16H,3-4,7,9-10H2. The van der Waals surface area contributed by atoms with E-state index in [1.54, 1.807) is 12.1 Å². The van der Waals surface area contributed by atoms with Gasteiger partial charge in [-0.05, 0) is 44.0 Å². The molecule has 2 N–H and O–H groups in total. The highest BCUT2D eigenvalue weighted by molar-refractivity contribution is 7.89. The lowest BCUT2D eigenvalue weighted by atomic mass is 10.0. The van der Waals surface area contributed by atoms with Gasteiger partial charge in [0.05, 0.1) is 10.5 Å². The monoisotopic (exact) mass is 279 g/mol. The van der Waals surface area contributed by atoms with Crippen LogP contribution in [0.3, 0.4) is 0 Å². The van der Waals surface area contributed by atoms with Crippen molar-refractivity contribution in [2.24, 2.45) is 5.92 Å². The van der Waals surface area contributed by atoms with Gasteiger partial charge in [-0.2, -0.15) is 5.26 Å². The fourth-order valence-electron chi connectivity index (χ4n) is 2.20. The summed E-state index contributed by atoms with van der Waals surface area (Å²) in [4.78, 5) is 0.0567. The number of nitriles is 1. The van der Waals surface area contributed by atoms with Crippen LogP contribution in [0.1, 0.15) is 18.4 Å². The maximum Gasteiger partial charge on any atom is 0.241 e. The summed E-state index contributed by atoms with van der Waals surface area (Å²) in [6.07, 6.45) is 2.09. The summed E-state index contributed by atoms with van der Waals surface area (Å²) in [6, 6.07) is 8.16. The molecule has 19 heavy (non-hydrogen) atoms. The first-order valence-corrected chi connectivity index (χ1v) is 7.81. The van der Waals surface area contributed by atoms with Gasteiger partial charge in [-0.15, -0.1) is 0 Å². The van der Waals surface area contributed by atoms with E-state index in [4.69, 9.17) is 5.26 Å². The number of hydrogen-bond acceptors (Lipinski definition) is 4. The van der Waals surface area contributed by atoms with E-state index in [9.17, 15) is 8.42 Å². The molecule has 1 fully saturated rings. The number of piperidine rings is 1. The van der Waals surface area contributed by atoms with E-state index in [0.717, 1.165) is 25.9 Å². The van der Waals surface area contributed by atoms with Gasteiger partial charge in [-0.3, -0.25) is 0 Å². The van der Waals surface area contributed by atoms with Crippen LogP contribution in [0.25, 0.3) is 0 Å². The Morgan fingerprint density at radius 2 is 2.21 bits per heavy atom. The van der Waals surface area contributed by atoms with Crippen molar-refractivity contribution in [1.29, 1.82) is 5.26 Å². The Balaban J connectivity index is 2.07. The summed E-state index contributed by atoms with van der Waals surface area (Å²) < 4.78 is 26.9. The van der Waals surface area contributed by atoms with E-state index < -0.39 is 10.0 Å². The molecule has 1 heterocycles. The minimum Gasteiger partial charge on any atom is -0.316 e. The molecule has 5 nitrogen and oxygen atoms in total. The largest absolute Gasteiger partial charge is 0.316 e. The van der Waals surface area contributed by atoms with Crippen LogP contribution in [0, 0.1) is 17.2 Å². The number of hydrogen-bond donors (Lipinski definition) is 2. The third-order valence-electron chi connectivity index (χ3n) is 3.26. The van der Waals surface area contributed by atoms with Crippen LogP contribution >= 0.6 is 0 Å². The zero-order chi connectivity index (χ0) is 13.7. The molecule has 0 bridgehead atoms. The predicted octanol–water partition coefficient (Wildman–Crippen LogP) is 0.836. The van der Waals surface area contributed by atoms with Crippen molar-refractivity contribution in [3.63, 3.8) is 0 Å². The normalized spacial score (nSPS) is 19.8. The molecule has 1 aliphatic heterocycles. The van der Waals surface area contributed by atoms with Gasteiger partial charge >= 0.3 is 0 Å². The van der Waals surface area contributed by atoms with E-state index in [1.807, 2.05) is 6.07 Å². The van der Waals surface area contributed by atoms with Crippen LogP contribution in [0.15, 0.2) is 29.2 Å². The first kappa shape index (κ1) is 14.0. The number of sulfonamides is 1. The Morgan fingerprint density at radius 3 is 2.89 bits per heavy atom. The smallest absolute Gasteiger partial charge is 0.241 e. The van der Waals surface area contributed by atoms with Crippen molar-refractivity contribution in [3.05, 3.63) is 29.8 Å². The SMILES string of the molecule is N#Cc1ccccc1S(=O)(=O)NCC1CCCNC1. The molecule has 0 aromatic heterocycles. The first-order chi connectivity index (χ1) is 9.13. The first-order valence-electron chi connectivity index (χ1n) is 6.33. The number of nitrogens with one attached hydrogen (secondary N) is 2. The Kier molecular flexibility index (Phi) is 4.53. The topological polar surface area (TPSA) is 82.0 Å². The number of nitrogens with zero attached hydrogens (tertiary/aromatic N) is 1. The average Bonchev–Trinajstić information content (AvgIpc) is 2.46. The van der Waals surface area contributed by atoms with Crippen molar-refractivity contribution in [3.8, 4) is 6.07 Å². The molecule has 0 amide bonds. The van der Waals surface area contributed by atoms with Crippen LogP contribution in [-0.4, -0.2) is 28.1 Å². The van der Waals surface area contributed by atoms with Crippen LogP contribution in [-0.2, 0) is 10.0 Å². The summed E-state index contributed by atoms with van der Waals surface area (Å²) in [5.41, 5.74) is 0.178. The van der Waals surface area contributed by atoms with Gasteiger partial charge in [0.15, 0.2) is 0 Å². The maximum absolute atomic E-state index is 12.2. The quantitative estimate of drug-likeness (QED) is 0.855. The van der Waals surface area contributed by atoms with Crippen LogP contribution in [0.5, 0.6) is 0 Å². The van der Waals surface area contributed by atoms with Crippen molar-refractivity contribution < 1.29 is 8.42 Å². The van der Waals surface area contributed by atoms with E-state index in [0.29, 0.717) is 12.5 Å². The second kappa shape index (κ2) is 6.15. The van der Waals surface area contributed by atoms with Gasteiger partial charge in [0.25, 0.3) is 0 Å². The molecule has 0 radical (unpaired) electrons. The third kappa shape index (κ3) is 3.53. The number of rotatable bonds is 4. The molecule has 1 aromatic carbocycles. The molecular formula is C13H17N3O2S. The van der Waals surface area contributed by atoms with Gasteiger partial charge in [0.1, 0.15) is 6.07 Å². The molecule has 1 aromatic rings. The van der Waals surface area contributed by atoms with Gasteiger partial charge in [0, 0.05) is 6.54 Å². The van der Waals surface area contributed by atoms with Gasteiger partial charge in [0.2, 0.25) is 10.0 Å². The molecule has 102 valence electrons. The zero-order valence-electron chi connectivity index (χ0n) is 10.6. The predicted molar refractivity (Wildman–Crippen MR) is 71.9 cm³/mol. The summed E-state index contributed by atoms with van der Waals surface area (Å²) in [5, 5.41) is 12.2. The Morgan fingerprint density at radius 1 is 1.42 bits per heavy atom. The fraction of sp³-hybridized carbons (Fsp3) is 0.462. The summed E-state index contributed by atoms with van der Waals surface area (Å²) in [7, 11) is -3.60. The van der Waals surface area contributed by atoms with Crippen molar-refractivity contribution in [2.45, 2.75) is 17.7 Å². The molecule has 1 saturated heterocycles. The summed E-state index contributed by atoms with van der Waals surface area (Å²) in [5.74, 6) is 0.317. The molecule has 6 heteroatoms. The molecule has 0 spiro atoms. The third-order valence-corrected chi connectivity index (χ3v) is 4.74. The van der Waals surface area contributed by atoms with Crippen LogP contribution < -0.4 is 10.0 Å². The highest BCUT2D eigenvalue weighted by Crippen LogP contribution is 2.15. The molecule has 2 rings (SSSR count). The van der Waals surface area contributed by atoms with E-state index in [-0.39, 0.29) is 10.5 Å². The van der Waals surface area contributed by atoms with Crippen molar-refractivity contribution >= 4 is 10.0 Å². The zero-order valence-corrected chi connectivity index (χ0v) is 11.4. The molecular weight excluding hydrogens is 262 g/mol. The van der Waals surface area contributed by atoms with Gasteiger partial charge in [-0.1, -0.05) is 12.1 Å². The molecule has 1 unspecified atom stereocenters. The van der Waals surface area contributed by atoms with E-state index >= 15 is 0 Å². The lowest BCUT2D eigenvalue weighted by molar-refractivity contribution is 0.376. The number of benzene rings is 1. The molecule has 1 atom stereocenters. The Bertz CT molecular complexity index is 572. The summed E-state index contributed by atoms with van der Waals surface area (Å²) >= 11 is 0.